The van der Waals surface area contributed by atoms with E-state index < -0.39 is 5.97 Å². The summed E-state index contributed by atoms with van der Waals surface area (Å²) in [4.78, 5) is 10.2. The second-order valence-corrected chi connectivity index (χ2v) is 2.48. The fraction of sp³-hybridized carbons (Fsp3) is 0.222. The highest BCUT2D eigenvalue weighted by Gasteiger charge is 1.96. The molecule has 0 aliphatic rings. The van der Waals surface area contributed by atoms with Gasteiger partial charge < -0.3 is 15.2 Å². The molecule has 0 heterocycles. The number of ether oxygens (including phenoxy) is 1. The third-order valence-electron chi connectivity index (χ3n) is 1.53. The lowest BCUT2D eigenvalue weighted by atomic mass is 10.3. The Hall–Kier alpha value is -1.42. The van der Waals surface area contributed by atoms with Gasteiger partial charge in [0, 0.05) is 5.69 Å². The molecule has 5 heteroatoms. The van der Waals surface area contributed by atoms with Gasteiger partial charge in [-0.1, -0.05) is 0 Å². The van der Waals surface area contributed by atoms with Crippen LogP contribution in [0.4, 0.5) is 5.69 Å². The summed E-state index contributed by atoms with van der Waals surface area (Å²) in [5.74, 6) is -0.128. The predicted molar refractivity (Wildman–Crippen MR) is 56.4 cm³/mol. The molecule has 0 amide bonds. The van der Waals surface area contributed by atoms with Gasteiger partial charge in [-0.2, -0.15) is 0 Å². The van der Waals surface area contributed by atoms with Gasteiger partial charge in [0.15, 0.2) is 0 Å². The molecule has 4 nitrogen and oxygen atoms in total. The summed E-state index contributed by atoms with van der Waals surface area (Å²) in [6, 6.07) is 7.07. The van der Waals surface area contributed by atoms with Crippen LogP contribution in [0.25, 0.3) is 0 Å². The molecule has 0 saturated carbocycles. The first kappa shape index (κ1) is 12.6. The van der Waals surface area contributed by atoms with Crippen LogP contribution in [0.1, 0.15) is 0 Å². The minimum absolute atomic E-state index is 0. The van der Waals surface area contributed by atoms with Crippen LogP contribution in [-0.4, -0.2) is 24.7 Å². The molecule has 0 aromatic heterocycles. The average molecular weight is 218 g/mol. The number of hydrogen-bond acceptors (Lipinski definition) is 3. The smallest absolute Gasteiger partial charge is 0.322 e. The molecular formula is C9H12ClNO3. The van der Waals surface area contributed by atoms with Crippen LogP contribution in [0.3, 0.4) is 0 Å². The van der Waals surface area contributed by atoms with Crippen molar-refractivity contribution in [1.29, 1.82) is 0 Å². The van der Waals surface area contributed by atoms with Crippen LogP contribution < -0.4 is 10.1 Å². The maximum Gasteiger partial charge on any atom is 0.322 e. The zero-order valence-corrected chi connectivity index (χ0v) is 8.50. The number of carboxylic acids is 1. The lowest BCUT2D eigenvalue weighted by Crippen LogP contribution is -2.11. The van der Waals surface area contributed by atoms with Gasteiger partial charge in [-0.25, -0.2) is 0 Å². The number of benzene rings is 1. The van der Waals surface area contributed by atoms with Gasteiger partial charge in [0.25, 0.3) is 0 Å². The van der Waals surface area contributed by atoms with Crippen molar-refractivity contribution < 1.29 is 14.6 Å². The largest absolute Gasteiger partial charge is 0.497 e. The molecule has 0 spiro atoms. The Morgan fingerprint density at radius 3 is 2.43 bits per heavy atom. The Kier molecular flexibility index (Phi) is 5.48. The minimum Gasteiger partial charge on any atom is -0.497 e. The number of aliphatic carboxylic acids is 1. The summed E-state index contributed by atoms with van der Waals surface area (Å²) in [5.41, 5.74) is 0.767. The molecule has 14 heavy (non-hydrogen) atoms. The van der Waals surface area contributed by atoms with Crippen molar-refractivity contribution >= 4 is 24.1 Å². The Morgan fingerprint density at radius 2 is 2.00 bits per heavy atom. The first-order valence-corrected chi connectivity index (χ1v) is 3.82. The van der Waals surface area contributed by atoms with Crippen LogP contribution in [0.2, 0.25) is 0 Å². The highest BCUT2D eigenvalue weighted by molar-refractivity contribution is 5.85. The normalized spacial score (nSPS) is 8.64. The lowest BCUT2D eigenvalue weighted by Gasteiger charge is -2.03. The van der Waals surface area contributed by atoms with Gasteiger partial charge in [-0.3, -0.25) is 4.79 Å². The molecule has 0 fully saturated rings. The zero-order chi connectivity index (χ0) is 9.68. The van der Waals surface area contributed by atoms with Crippen molar-refractivity contribution in [3.63, 3.8) is 0 Å². The van der Waals surface area contributed by atoms with Gasteiger partial charge in [0.1, 0.15) is 12.3 Å². The predicted octanol–water partition coefficient (Wildman–Crippen LogP) is 1.61. The highest BCUT2D eigenvalue weighted by Crippen LogP contribution is 2.14. The summed E-state index contributed by atoms with van der Waals surface area (Å²) in [7, 11) is 1.58. The summed E-state index contributed by atoms with van der Waals surface area (Å²) in [5, 5.41) is 11.1. The van der Waals surface area contributed by atoms with Gasteiger partial charge in [0.05, 0.1) is 7.11 Å². The van der Waals surface area contributed by atoms with E-state index >= 15 is 0 Å². The fourth-order valence-electron chi connectivity index (χ4n) is 0.887. The van der Waals surface area contributed by atoms with Crippen molar-refractivity contribution in [1.82, 2.24) is 0 Å². The van der Waals surface area contributed by atoms with Gasteiger partial charge in [-0.05, 0) is 24.3 Å². The number of rotatable bonds is 4. The van der Waals surface area contributed by atoms with Gasteiger partial charge in [0.2, 0.25) is 0 Å². The fourth-order valence-corrected chi connectivity index (χ4v) is 0.887. The van der Waals surface area contributed by atoms with Crippen molar-refractivity contribution in [2.24, 2.45) is 0 Å². The third kappa shape index (κ3) is 4.00. The summed E-state index contributed by atoms with van der Waals surface area (Å²) in [6.07, 6.45) is 0. The number of carbonyl (C=O) groups is 1. The molecule has 0 radical (unpaired) electrons. The zero-order valence-electron chi connectivity index (χ0n) is 7.69. The highest BCUT2D eigenvalue weighted by atomic mass is 35.5. The first-order chi connectivity index (χ1) is 6.22. The van der Waals surface area contributed by atoms with Gasteiger partial charge in [-0.15, -0.1) is 12.4 Å². The SMILES string of the molecule is COc1ccc(NCC(=O)O)cc1.Cl. The van der Waals surface area contributed by atoms with Crippen LogP contribution >= 0.6 is 12.4 Å². The molecule has 0 saturated heterocycles. The van der Waals surface area contributed by atoms with Gasteiger partial charge >= 0.3 is 5.97 Å². The quantitative estimate of drug-likeness (QED) is 0.805. The Balaban J connectivity index is 0.00000169. The summed E-state index contributed by atoms with van der Waals surface area (Å²) in [6.45, 7) is -0.0771. The maximum atomic E-state index is 10.2. The Bertz CT molecular complexity index is 287. The minimum atomic E-state index is -0.879. The van der Waals surface area contributed by atoms with Crippen molar-refractivity contribution in [2.45, 2.75) is 0 Å². The molecule has 1 aromatic carbocycles. The number of anilines is 1. The standard InChI is InChI=1S/C9H11NO3.ClH/c1-13-8-4-2-7(3-5-8)10-6-9(11)12;/h2-5,10H,6H2,1H3,(H,11,12);1H. The van der Waals surface area contributed by atoms with E-state index in [1.807, 2.05) is 0 Å². The van der Waals surface area contributed by atoms with E-state index in [2.05, 4.69) is 5.32 Å². The molecule has 0 aliphatic carbocycles. The van der Waals surface area contributed by atoms with E-state index in [9.17, 15) is 4.79 Å². The van der Waals surface area contributed by atoms with E-state index in [4.69, 9.17) is 9.84 Å². The Morgan fingerprint density at radius 1 is 1.43 bits per heavy atom. The van der Waals surface area contributed by atoms with Crippen molar-refractivity contribution in [3.05, 3.63) is 24.3 Å². The van der Waals surface area contributed by atoms with E-state index in [1.54, 1.807) is 31.4 Å². The van der Waals surface area contributed by atoms with Crippen molar-refractivity contribution in [2.75, 3.05) is 19.0 Å². The van der Waals surface area contributed by atoms with E-state index in [-0.39, 0.29) is 19.0 Å². The van der Waals surface area contributed by atoms with Crippen LogP contribution in [0.5, 0.6) is 5.75 Å². The molecule has 2 N–H and O–H groups in total. The topological polar surface area (TPSA) is 58.6 Å². The average Bonchev–Trinajstić information content (AvgIpc) is 2.15. The number of nitrogens with one attached hydrogen (secondary N) is 1. The Labute approximate surface area is 88.3 Å². The van der Waals surface area contributed by atoms with E-state index in [0.29, 0.717) is 0 Å². The molecular weight excluding hydrogens is 206 g/mol. The van der Waals surface area contributed by atoms with E-state index in [1.165, 1.54) is 0 Å². The number of hydrogen-bond donors (Lipinski definition) is 2. The number of methoxy groups -OCH3 is 1. The second kappa shape index (κ2) is 6.10. The maximum absolute atomic E-state index is 10.2. The monoisotopic (exact) mass is 217 g/mol. The number of carboxylic acid groups (broad SMARTS) is 1. The summed E-state index contributed by atoms with van der Waals surface area (Å²) < 4.78 is 4.95. The molecule has 0 bridgehead atoms. The van der Waals surface area contributed by atoms with Crippen LogP contribution in [-0.2, 0) is 4.79 Å². The first-order valence-electron chi connectivity index (χ1n) is 3.82. The molecule has 1 aromatic rings. The van der Waals surface area contributed by atoms with Crippen LogP contribution in [0.15, 0.2) is 24.3 Å². The molecule has 0 unspecified atom stereocenters. The van der Waals surface area contributed by atoms with E-state index in [0.717, 1.165) is 11.4 Å². The molecule has 0 atom stereocenters. The van der Waals surface area contributed by atoms with Crippen LogP contribution in [0, 0.1) is 0 Å². The summed E-state index contributed by atoms with van der Waals surface area (Å²) >= 11 is 0. The molecule has 1 rings (SSSR count). The number of halogens is 1. The lowest BCUT2D eigenvalue weighted by molar-refractivity contribution is -0.134. The molecule has 78 valence electrons. The molecule has 0 aliphatic heterocycles. The van der Waals surface area contributed by atoms with Crippen molar-refractivity contribution in [3.8, 4) is 5.75 Å². The third-order valence-corrected chi connectivity index (χ3v) is 1.53. The second-order valence-electron chi connectivity index (χ2n) is 2.48.